The van der Waals surface area contributed by atoms with Gasteiger partial charge in [0, 0.05) is 0 Å². The molecule has 0 saturated heterocycles. The van der Waals surface area contributed by atoms with E-state index in [0.717, 1.165) is 4.48 Å². The summed E-state index contributed by atoms with van der Waals surface area (Å²) in [6.07, 6.45) is 0. The van der Waals surface area contributed by atoms with Crippen molar-refractivity contribution < 1.29 is 0 Å². The first-order valence-electron chi connectivity index (χ1n) is 5.20. The van der Waals surface area contributed by atoms with Gasteiger partial charge >= 0.3 is 0 Å². The Morgan fingerprint density at radius 1 is 0.857 bits per heavy atom. The molecular weight excluding hydrogens is 169 g/mol. The summed E-state index contributed by atoms with van der Waals surface area (Å²) in [7, 11) is 0. The van der Waals surface area contributed by atoms with Crippen molar-refractivity contribution in [1.29, 1.82) is 0 Å². The van der Waals surface area contributed by atoms with Crippen molar-refractivity contribution in [2.75, 3.05) is 19.6 Å². The second-order valence-corrected chi connectivity index (χ2v) is 3.43. The Bertz CT molecular complexity index is 233. The molecule has 0 N–H and O–H groups in total. The minimum Gasteiger partial charge on any atom is -0.292 e. The van der Waals surface area contributed by atoms with Gasteiger partial charge in [0.05, 0.1) is 19.6 Å². The molecule has 0 aliphatic heterocycles. The van der Waals surface area contributed by atoms with Gasteiger partial charge in [-0.1, -0.05) is 26.6 Å². The summed E-state index contributed by atoms with van der Waals surface area (Å²) in [5, 5.41) is 0. The first kappa shape index (κ1) is 13.2. The van der Waals surface area contributed by atoms with Crippen molar-refractivity contribution in [1.82, 2.24) is 4.48 Å². The molecule has 0 aliphatic carbocycles. The average Bonchev–Trinajstić information content (AvgIpc) is 2.23. The molecule has 1 aromatic carbocycles. The molecule has 0 aromatic heterocycles. The van der Waals surface area contributed by atoms with Crippen molar-refractivity contribution in [2.45, 2.75) is 20.8 Å². The number of benzene rings is 1. The Morgan fingerprint density at radius 3 is 1.64 bits per heavy atom. The van der Waals surface area contributed by atoms with Gasteiger partial charge in [-0.05, 0) is 32.9 Å². The minimum atomic E-state index is 0. The van der Waals surface area contributed by atoms with E-state index in [2.05, 4.69) is 51.1 Å². The van der Waals surface area contributed by atoms with Crippen LogP contribution >= 0.6 is 0 Å². The lowest BCUT2D eigenvalue weighted by molar-refractivity contribution is 0.316. The SMILES string of the molecule is CC[N+](CC)(CC)c1ccccc1.[BH4-]. The molecule has 0 heterocycles. The lowest BCUT2D eigenvalue weighted by Gasteiger charge is -2.35. The molecule has 0 radical (unpaired) electrons. The van der Waals surface area contributed by atoms with Crippen LogP contribution in [0.3, 0.4) is 0 Å². The standard InChI is InChI=1S/C12H20N.BH4/c1-4-13(5-2,6-3)12-10-8-7-9-11-12;/h7-11H,4-6H2,1-3H3;1H4/q+1;-1. The molecule has 0 atom stereocenters. The third kappa shape index (κ3) is 2.39. The lowest BCUT2D eigenvalue weighted by atomic mass is 10.2. The number of quaternary nitrogens is 1. The summed E-state index contributed by atoms with van der Waals surface area (Å²) in [5.41, 5.74) is 1.44. The Hall–Kier alpha value is -0.755. The molecule has 0 spiro atoms. The Morgan fingerprint density at radius 2 is 1.29 bits per heavy atom. The predicted molar refractivity (Wildman–Crippen MR) is 71.2 cm³/mol. The van der Waals surface area contributed by atoms with Crippen molar-refractivity contribution in [2.24, 2.45) is 0 Å². The fourth-order valence-corrected chi connectivity index (χ4v) is 1.96. The zero-order valence-electron chi connectivity index (χ0n) is 8.96. The molecule has 1 rings (SSSR count). The largest absolute Gasteiger partial charge is 0.292 e. The van der Waals surface area contributed by atoms with Gasteiger partial charge in [-0.15, -0.1) is 0 Å². The van der Waals surface area contributed by atoms with Crippen molar-refractivity contribution in [3.05, 3.63) is 30.3 Å². The molecule has 0 fully saturated rings. The second kappa shape index (κ2) is 5.87. The fourth-order valence-electron chi connectivity index (χ4n) is 1.96. The number of nitrogens with zero attached hydrogens (tertiary/aromatic N) is 1. The number of hydrogen-bond acceptors (Lipinski definition) is 0. The lowest BCUT2D eigenvalue weighted by Crippen LogP contribution is -2.48. The quantitative estimate of drug-likeness (QED) is 0.503. The van der Waals surface area contributed by atoms with Gasteiger partial charge in [0.25, 0.3) is 0 Å². The summed E-state index contributed by atoms with van der Waals surface area (Å²) in [4.78, 5) is 0. The van der Waals surface area contributed by atoms with Crippen LogP contribution < -0.4 is 4.48 Å². The molecular formula is C12H24BN. The van der Waals surface area contributed by atoms with Crippen LogP contribution in [0, 0.1) is 0 Å². The van der Waals surface area contributed by atoms with Gasteiger partial charge in [-0.2, -0.15) is 0 Å². The topological polar surface area (TPSA) is 0 Å². The van der Waals surface area contributed by atoms with E-state index in [0.29, 0.717) is 0 Å². The molecule has 0 aliphatic rings. The van der Waals surface area contributed by atoms with Crippen molar-refractivity contribution in [3.8, 4) is 0 Å². The van der Waals surface area contributed by atoms with Crippen LogP contribution in [0.25, 0.3) is 0 Å². The van der Waals surface area contributed by atoms with E-state index in [9.17, 15) is 0 Å². The van der Waals surface area contributed by atoms with Crippen LogP contribution in [-0.2, 0) is 0 Å². The highest BCUT2D eigenvalue weighted by atomic mass is 15.3. The van der Waals surface area contributed by atoms with E-state index in [1.165, 1.54) is 25.3 Å². The van der Waals surface area contributed by atoms with Crippen LogP contribution in [0.2, 0.25) is 0 Å². The summed E-state index contributed by atoms with van der Waals surface area (Å²) < 4.78 is 1.10. The highest BCUT2D eigenvalue weighted by molar-refractivity contribution is 5.75. The molecule has 0 saturated carbocycles. The second-order valence-electron chi connectivity index (χ2n) is 3.43. The monoisotopic (exact) mass is 193 g/mol. The van der Waals surface area contributed by atoms with E-state index in [4.69, 9.17) is 0 Å². The van der Waals surface area contributed by atoms with E-state index >= 15 is 0 Å². The number of hydrogen-bond donors (Lipinski definition) is 0. The highest BCUT2D eigenvalue weighted by Gasteiger charge is 2.23. The molecule has 0 bridgehead atoms. The average molecular weight is 193 g/mol. The van der Waals surface area contributed by atoms with Crippen LogP contribution in [-0.4, -0.2) is 28.0 Å². The molecule has 80 valence electrons. The van der Waals surface area contributed by atoms with E-state index in [-0.39, 0.29) is 8.41 Å². The van der Waals surface area contributed by atoms with E-state index in [1.54, 1.807) is 0 Å². The predicted octanol–water partition coefficient (Wildman–Crippen LogP) is 1.60. The van der Waals surface area contributed by atoms with Gasteiger partial charge in [0.1, 0.15) is 5.69 Å². The maximum atomic E-state index is 2.26. The third-order valence-corrected chi connectivity index (χ3v) is 3.12. The van der Waals surface area contributed by atoms with Crippen LogP contribution in [0.15, 0.2) is 30.3 Å². The van der Waals surface area contributed by atoms with Crippen LogP contribution in [0.1, 0.15) is 20.8 Å². The first-order chi connectivity index (χ1) is 6.29. The van der Waals surface area contributed by atoms with E-state index < -0.39 is 0 Å². The smallest absolute Gasteiger partial charge is 0.132 e. The first-order valence-corrected chi connectivity index (χ1v) is 5.20. The molecule has 1 nitrogen and oxygen atoms in total. The molecule has 0 amide bonds. The summed E-state index contributed by atoms with van der Waals surface area (Å²) in [6.45, 7) is 10.3. The highest BCUT2D eigenvalue weighted by Crippen LogP contribution is 2.21. The molecule has 14 heavy (non-hydrogen) atoms. The Balaban J connectivity index is 0.00000169. The van der Waals surface area contributed by atoms with Crippen molar-refractivity contribution >= 4 is 14.1 Å². The third-order valence-electron chi connectivity index (χ3n) is 3.12. The summed E-state index contributed by atoms with van der Waals surface area (Å²) >= 11 is 0. The number of para-hydroxylation sites is 1. The van der Waals surface area contributed by atoms with E-state index in [1.807, 2.05) is 0 Å². The van der Waals surface area contributed by atoms with Gasteiger partial charge in [-0.25, -0.2) is 0 Å². The zero-order valence-corrected chi connectivity index (χ0v) is 8.96. The summed E-state index contributed by atoms with van der Waals surface area (Å²) in [6, 6.07) is 10.8. The van der Waals surface area contributed by atoms with Gasteiger partial charge in [-0.3, -0.25) is 4.48 Å². The molecule has 1 aromatic rings. The maximum Gasteiger partial charge on any atom is 0.132 e. The molecule has 2 heteroatoms. The zero-order chi connectivity index (χ0) is 9.73. The summed E-state index contributed by atoms with van der Waals surface area (Å²) in [5.74, 6) is 0. The van der Waals surface area contributed by atoms with Gasteiger partial charge < -0.3 is 0 Å². The molecule has 0 unspecified atom stereocenters. The minimum absolute atomic E-state index is 0. The Labute approximate surface area is 89.9 Å². The fraction of sp³-hybridized carbons (Fsp3) is 0.500. The van der Waals surface area contributed by atoms with Crippen LogP contribution in [0.4, 0.5) is 5.69 Å². The van der Waals surface area contributed by atoms with Crippen molar-refractivity contribution in [3.63, 3.8) is 0 Å². The van der Waals surface area contributed by atoms with Gasteiger partial charge in [0.2, 0.25) is 0 Å². The maximum absolute atomic E-state index is 2.26. The van der Waals surface area contributed by atoms with Crippen LogP contribution in [0.5, 0.6) is 0 Å². The van der Waals surface area contributed by atoms with Gasteiger partial charge in [0.15, 0.2) is 0 Å². The Kier molecular flexibility index (Phi) is 5.55. The number of rotatable bonds is 4. The normalized spacial score (nSPS) is 10.8.